The third-order valence-corrected chi connectivity index (χ3v) is 7.11. The fourth-order valence-corrected chi connectivity index (χ4v) is 5.15. The summed E-state index contributed by atoms with van der Waals surface area (Å²) in [5, 5.41) is 13.4. The van der Waals surface area contributed by atoms with Crippen molar-refractivity contribution in [2.24, 2.45) is 5.41 Å². The van der Waals surface area contributed by atoms with E-state index in [4.69, 9.17) is 10.2 Å². The molecule has 1 aliphatic carbocycles. The predicted molar refractivity (Wildman–Crippen MR) is 122 cm³/mol. The second-order valence-corrected chi connectivity index (χ2v) is 10.5. The van der Waals surface area contributed by atoms with Gasteiger partial charge < -0.3 is 10.3 Å². The number of rotatable bonds is 4. The van der Waals surface area contributed by atoms with Gasteiger partial charge in [-0.05, 0) is 36.0 Å². The summed E-state index contributed by atoms with van der Waals surface area (Å²) in [6, 6.07) is 9.23. The van der Waals surface area contributed by atoms with Crippen molar-refractivity contribution in [1.29, 1.82) is 5.26 Å². The molecule has 2 atom stereocenters. The maximum atomic E-state index is 13.2. The van der Waals surface area contributed by atoms with Crippen LogP contribution < -0.4 is 10.9 Å². The largest absolute Gasteiger partial charge is 0.343 e. The molecule has 2 aromatic rings. The average molecular weight is 435 g/mol. The number of anilines is 1. The van der Waals surface area contributed by atoms with Crippen LogP contribution in [0.3, 0.4) is 0 Å². The number of carbonyl (C=O) groups excluding carboxylic acids is 1. The topological polar surface area (TPSA) is 98.6 Å². The van der Waals surface area contributed by atoms with Gasteiger partial charge in [-0.15, -0.1) is 0 Å². The van der Waals surface area contributed by atoms with Crippen LogP contribution in [-0.4, -0.2) is 21.0 Å². The number of thioether (sulfide) groups is 1. The third-order valence-electron chi connectivity index (χ3n) is 5.96. The molecule has 0 saturated carbocycles. The molecular formula is C24H26N4O2S. The zero-order chi connectivity index (χ0) is 22.3. The number of hydrogen-bond donors (Lipinski definition) is 2. The SMILES string of the molecule is CCC(C)Sc1nc2c(c(=O)[nH]1)C(c1ccc(C#N)cc1)C1=C(CC(C)(C)CC1=O)N2. The second kappa shape index (κ2) is 8.01. The fourth-order valence-electron chi connectivity index (χ4n) is 4.31. The van der Waals surface area contributed by atoms with Crippen LogP contribution in [0.4, 0.5) is 5.82 Å². The Morgan fingerprint density at radius 1 is 1.26 bits per heavy atom. The van der Waals surface area contributed by atoms with E-state index >= 15 is 0 Å². The highest BCUT2D eigenvalue weighted by Gasteiger charge is 2.42. The minimum absolute atomic E-state index is 0.0521. The quantitative estimate of drug-likeness (QED) is 0.533. The van der Waals surface area contributed by atoms with E-state index in [1.807, 2.05) is 12.1 Å². The Bertz CT molecular complexity index is 1170. The summed E-state index contributed by atoms with van der Waals surface area (Å²) in [6.45, 7) is 8.36. The van der Waals surface area contributed by atoms with Crippen molar-refractivity contribution >= 4 is 23.4 Å². The number of benzene rings is 1. The number of nitriles is 1. The average Bonchev–Trinajstić information content (AvgIpc) is 2.71. The third kappa shape index (κ3) is 4.05. The van der Waals surface area contributed by atoms with E-state index in [9.17, 15) is 9.59 Å². The van der Waals surface area contributed by atoms with Crippen LogP contribution in [0.25, 0.3) is 0 Å². The van der Waals surface area contributed by atoms with Crippen LogP contribution in [0.1, 0.15) is 69.6 Å². The molecule has 6 nitrogen and oxygen atoms in total. The summed E-state index contributed by atoms with van der Waals surface area (Å²) >= 11 is 1.54. The van der Waals surface area contributed by atoms with Crippen molar-refractivity contribution in [1.82, 2.24) is 9.97 Å². The Morgan fingerprint density at radius 3 is 2.61 bits per heavy atom. The van der Waals surface area contributed by atoms with E-state index in [0.717, 1.165) is 17.7 Å². The molecule has 0 bridgehead atoms. The van der Waals surface area contributed by atoms with E-state index in [-0.39, 0.29) is 16.8 Å². The molecule has 1 aliphatic heterocycles. The molecule has 1 aromatic heterocycles. The lowest BCUT2D eigenvalue weighted by molar-refractivity contribution is -0.118. The minimum atomic E-state index is -0.499. The molecule has 7 heteroatoms. The van der Waals surface area contributed by atoms with Gasteiger partial charge in [-0.2, -0.15) is 5.26 Å². The first-order valence-corrected chi connectivity index (χ1v) is 11.4. The highest BCUT2D eigenvalue weighted by Crippen LogP contribution is 2.47. The van der Waals surface area contributed by atoms with Crippen molar-refractivity contribution < 1.29 is 4.79 Å². The number of nitrogens with zero attached hydrogens (tertiary/aromatic N) is 2. The van der Waals surface area contributed by atoms with Gasteiger partial charge >= 0.3 is 0 Å². The zero-order valence-electron chi connectivity index (χ0n) is 18.2. The lowest BCUT2D eigenvalue weighted by Gasteiger charge is -2.38. The van der Waals surface area contributed by atoms with Crippen molar-refractivity contribution in [3.63, 3.8) is 0 Å². The minimum Gasteiger partial charge on any atom is -0.343 e. The van der Waals surface area contributed by atoms with E-state index in [0.29, 0.717) is 45.8 Å². The van der Waals surface area contributed by atoms with Crippen molar-refractivity contribution in [2.45, 2.75) is 63.3 Å². The number of Topliss-reactive ketones (excluding diaryl/α,β-unsaturated/α-hetero) is 1. The molecule has 2 aliphatic rings. The second-order valence-electron chi connectivity index (χ2n) is 9.10. The molecule has 0 radical (unpaired) electrons. The Balaban J connectivity index is 1.90. The maximum absolute atomic E-state index is 13.2. The molecule has 160 valence electrons. The first-order valence-electron chi connectivity index (χ1n) is 10.6. The molecule has 0 fully saturated rings. The van der Waals surface area contributed by atoms with Crippen LogP contribution in [0.15, 0.2) is 45.5 Å². The fraction of sp³-hybridized carbons (Fsp3) is 0.417. The zero-order valence-corrected chi connectivity index (χ0v) is 19.0. The Labute approximate surface area is 186 Å². The smallest absolute Gasteiger partial charge is 0.257 e. The van der Waals surface area contributed by atoms with Crippen molar-refractivity contribution in [3.05, 3.63) is 62.6 Å². The lowest BCUT2D eigenvalue weighted by atomic mass is 9.69. The summed E-state index contributed by atoms with van der Waals surface area (Å²) < 4.78 is 0. The first kappa shape index (κ1) is 21.4. The predicted octanol–water partition coefficient (Wildman–Crippen LogP) is 4.73. The Kier molecular flexibility index (Phi) is 5.52. The molecule has 0 spiro atoms. The normalized spacial score (nSPS) is 20.4. The molecular weight excluding hydrogens is 408 g/mol. The number of nitrogens with one attached hydrogen (secondary N) is 2. The molecule has 4 rings (SSSR count). The highest BCUT2D eigenvalue weighted by molar-refractivity contribution is 7.99. The van der Waals surface area contributed by atoms with Crippen molar-refractivity contribution in [3.8, 4) is 6.07 Å². The first-order chi connectivity index (χ1) is 14.7. The van der Waals surface area contributed by atoms with Gasteiger partial charge in [0.2, 0.25) is 0 Å². The summed E-state index contributed by atoms with van der Waals surface area (Å²) in [5.41, 5.74) is 2.91. The summed E-state index contributed by atoms with van der Waals surface area (Å²) in [4.78, 5) is 34.1. The summed E-state index contributed by atoms with van der Waals surface area (Å²) in [6.07, 6.45) is 2.11. The van der Waals surface area contributed by atoms with Gasteiger partial charge in [0.05, 0.1) is 17.2 Å². The number of carbonyl (C=O) groups is 1. The summed E-state index contributed by atoms with van der Waals surface area (Å²) in [7, 11) is 0. The number of allylic oxidation sites excluding steroid dienone is 2. The molecule has 2 heterocycles. The Morgan fingerprint density at radius 2 is 1.97 bits per heavy atom. The highest BCUT2D eigenvalue weighted by atomic mass is 32.2. The summed E-state index contributed by atoms with van der Waals surface area (Å²) in [5.74, 6) is 0.0749. The standard InChI is InChI=1S/C24H26N4O2S/c1-5-13(2)31-23-27-21-20(22(30)28-23)18(15-8-6-14(12-25)7-9-15)19-16(26-21)10-24(3,4)11-17(19)29/h6-9,13,18H,5,10-11H2,1-4H3,(H2,26,27,28,30). The van der Waals surface area contributed by atoms with Crippen LogP contribution in [0.2, 0.25) is 0 Å². The van der Waals surface area contributed by atoms with E-state index in [1.54, 1.807) is 12.1 Å². The monoisotopic (exact) mass is 434 g/mol. The van der Waals surface area contributed by atoms with Crippen LogP contribution in [0.5, 0.6) is 0 Å². The van der Waals surface area contributed by atoms with Gasteiger partial charge in [0.15, 0.2) is 10.9 Å². The van der Waals surface area contributed by atoms with Gasteiger partial charge in [-0.3, -0.25) is 9.59 Å². The molecule has 0 amide bonds. The lowest BCUT2D eigenvalue weighted by Crippen LogP contribution is -2.37. The number of H-pyrrole nitrogens is 1. The number of hydrogen-bond acceptors (Lipinski definition) is 6. The van der Waals surface area contributed by atoms with Gasteiger partial charge in [0.25, 0.3) is 5.56 Å². The van der Waals surface area contributed by atoms with Gasteiger partial charge in [0.1, 0.15) is 5.82 Å². The molecule has 31 heavy (non-hydrogen) atoms. The Hall–Kier alpha value is -2.85. The van der Waals surface area contributed by atoms with Crippen LogP contribution in [-0.2, 0) is 4.79 Å². The van der Waals surface area contributed by atoms with Crippen LogP contribution >= 0.6 is 11.8 Å². The number of fused-ring (bicyclic) bond motifs is 1. The molecule has 0 saturated heterocycles. The van der Waals surface area contributed by atoms with Gasteiger partial charge in [0, 0.05) is 28.9 Å². The van der Waals surface area contributed by atoms with Crippen LogP contribution in [0, 0.1) is 16.7 Å². The number of ketones is 1. The van der Waals surface area contributed by atoms with Gasteiger partial charge in [-0.25, -0.2) is 4.98 Å². The van der Waals surface area contributed by atoms with E-state index in [2.05, 4.69) is 44.1 Å². The van der Waals surface area contributed by atoms with E-state index < -0.39 is 5.92 Å². The molecule has 2 unspecified atom stereocenters. The van der Waals surface area contributed by atoms with E-state index in [1.165, 1.54) is 11.8 Å². The van der Waals surface area contributed by atoms with Crippen molar-refractivity contribution in [2.75, 3.05) is 5.32 Å². The maximum Gasteiger partial charge on any atom is 0.257 e. The molecule has 2 N–H and O–H groups in total. The number of aromatic amines is 1. The number of aromatic nitrogens is 2. The van der Waals surface area contributed by atoms with Gasteiger partial charge in [-0.1, -0.05) is 51.6 Å². The molecule has 1 aromatic carbocycles.